The van der Waals surface area contributed by atoms with Gasteiger partial charge in [-0.15, -0.1) is 0 Å². The molecule has 0 spiro atoms. The van der Waals surface area contributed by atoms with Crippen molar-refractivity contribution in [2.24, 2.45) is 5.92 Å². The maximum Gasteiger partial charge on any atom is 0.0934 e. The Morgan fingerprint density at radius 1 is 0.650 bits per heavy atom. The number of methoxy groups -OCH3 is 1. The van der Waals surface area contributed by atoms with E-state index in [2.05, 4.69) is 68.2 Å². The van der Waals surface area contributed by atoms with Gasteiger partial charge in [-0.1, -0.05) is 20.8 Å². The molecule has 0 aromatic carbocycles. The van der Waals surface area contributed by atoms with Crippen LogP contribution in [0, 0.1) is 34.4 Å². The molecule has 0 aromatic heterocycles. The Bertz CT molecular complexity index is 109. The zero-order valence-corrected chi connectivity index (χ0v) is 27.4. The van der Waals surface area contributed by atoms with Crippen molar-refractivity contribution in [2.75, 3.05) is 7.11 Å². The summed E-state index contributed by atoms with van der Waals surface area (Å²) in [5.74, 6) is 0.833. The molecule has 20 heavy (non-hydrogen) atoms. The molecular weight excluding hydrogens is 766 g/mol. The van der Waals surface area contributed by atoms with Crippen LogP contribution in [-0.2, 0) is 18.9 Å². The molecule has 0 saturated heterocycles. The van der Waals surface area contributed by atoms with Gasteiger partial charge in [-0.05, 0) is 33.8 Å². The van der Waals surface area contributed by atoms with Gasteiger partial charge < -0.3 is 18.9 Å². The van der Waals surface area contributed by atoms with Gasteiger partial charge in [-0.2, -0.15) is 0 Å². The Kier molecular flexibility index (Phi) is 64.9. The summed E-state index contributed by atoms with van der Waals surface area (Å²) < 4.78 is 17.2. The third-order valence-electron chi connectivity index (χ3n) is 0.803. The molecule has 0 radical (unpaired) electrons. The second kappa shape index (κ2) is 36.0. The third-order valence-corrected chi connectivity index (χ3v) is 0.803. The number of hydrogen-bond donors (Lipinski definition) is 0. The molecule has 0 aliphatic carbocycles. The van der Waals surface area contributed by atoms with Crippen molar-refractivity contribution in [3.05, 3.63) is 28.4 Å². The van der Waals surface area contributed by atoms with Crippen LogP contribution in [0.15, 0.2) is 0 Å². The molecule has 0 heterocycles. The minimum atomic E-state index is -0.287. The Morgan fingerprint density at radius 2 is 0.800 bits per heavy atom. The fourth-order valence-corrected chi connectivity index (χ4v) is 0.0481. The first-order valence-corrected chi connectivity index (χ1v) is 5.73. The molecule has 0 aliphatic heterocycles. The number of ether oxygens (including phenoxy) is 4. The Morgan fingerprint density at radius 3 is 0.800 bits per heavy atom. The molecular formula is C14H32O4Rf2-4. The van der Waals surface area contributed by atoms with Crippen LogP contribution in [0.25, 0.3) is 0 Å². The first-order chi connectivity index (χ1) is 8.22. The van der Waals surface area contributed by atoms with E-state index in [1.54, 1.807) is 6.92 Å². The van der Waals surface area contributed by atoms with Crippen LogP contribution in [0.1, 0.15) is 41.5 Å². The van der Waals surface area contributed by atoms with Crippen LogP contribution >= 0.6 is 0 Å². The van der Waals surface area contributed by atoms with Crippen molar-refractivity contribution in [1.29, 1.82) is 0 Å². The summed E-state index contributed by atoms with van der Waals surface area (Å²) in [7, 11) is 13.9. The summed E-state index contributed by atoms with van der Waals surface area (Å²) in [6.07, 6.45) is -0.0139. The molecule has 0 bridgehead atoms. The van der Waals surface area contributed by atoms with E-state index < -0.39 is 0 Å². The van der Waals surface area contributed by atoms with E-state index in [1.165, 1.54) is 7.11 Å². The zero-order chi connectivity index (χ0) is 15.6. The van der Waals surface area contributed by atoms with Gasteiger partial charge in [-0.3, -0.25) is 0 Å². The molecule has 0 saturated carbocycles. The average Bonchev–Trinajstić information content (AvgIpc) is 2.29. The SMILES string of the molecule is CC(C)C.[CH2-]OC.[CH2-]OC(C)C.[CH2-]OC(C)O[CH2-].[Rf].[Rf]. The summed E-state index contributed by atoms with van der Waals surface area (Å²) >= 11 is 0. The Labute approximate surface area is 115 Å². The summed E-state index contributed by atoms with van der Waals surface area (Å²) in [6, 6.07) is 0. The quantitative estimate of drug-likeness (QED) is 0.317. The molecule has 0 fully saturated rings. The minimum Gasteiger partial charge on any atom is -0.557 e. The van der Waals surface area contributed by atoms with Gasteiger partial charge in [0, 0.05) is 6.10 Å². The minimum absolute atomic E-state index is 0. The van der Waals surface area contributed by atoms with Gasteiger partial charge in [0.2, 0.25) is 0 Å². The summed E-state index contributed by atoms with van der Waals surface area (Å²) in [4.78, 5) is 0. The largest absolute Gasteiger partial charge is 0.557 e. The first kappa shape index (κ1) is 36.1. The molecule has 0 rings (SSSR count). The van der Waals surface area contributed by atoms with E-state index in [0.717, 1.165) is 5.92 Å². The fourth-order valence-electron chi connectivity index (χ4n) is 0.0481. The van der Waals surface area contributed by atoms with Crippen molar-refractivity contribution >= 4 is 0 Å². The number of rotatable bonds is 3. The van der Waals surface area contributed by atoms with Gasteiger partial charge in [0.05, 0.1) is 6.29 Å². The molecule has 0 N–H and O–H groups in total. The predicted molar refractivity (Wildman–Crippen MR) is 76.8 cm³/mol. The standard InChI is InChI=1S/C4H8O2.C4H9O.C4H10.C2H5O.2Rf/c1-4(5-2)6-3;1-4(2)5-3;1-4(2)3;1-3-2;;/h4H,2-3H2,1H3;4H,3H2,1-2H3;4H,1-3H3;1H2,2H3;;/q-2;-1;;-1;;. The summed E-state index contributed by atoms with van der Waals surface area (Å²) in [5, 5.41) is 0. The average molecular weight is 798 g/mol. The van der Waals surface area contributed by atoms with Gasteiger partial charge in [0.25, 0.3) is 0 Å². The van der Waals surface area contributed by atoms with E-state index in [-0.39, 0.29) is 12.4 Å². The molecule has 0 aliphatic rings. The second-order valence-electron chi connectivity index (χ2n) is 4.14. The van der Waals surface area contributed by atoms with Crippen LogP contribution < -0.4 is 0 Å². The third kappa shape index (κ3) is 237. The van der Waals surface area contributed by atoms with Crippen molar-refractivity contribution in [3.8, 4) is 0 Å². The van der Waals surface area contributed by atoms with Gasteiger partial charge in [0.15, 0.2) is 0 Å². The topological polar surface area (TPSA) is 36.9 Å². The summed E-state index contributed by atoms with van der Waals surface area (Å²) in [6.45, 7) is 12.1. The molecule has 6 heteroatoms. The molecule has 120 valence electrons. The Balaban J connectivity index is -0.0000000325. The maximum atomic E-state index is 4.50. The zero-order valence-electron chi connectivity index (χ0n) is 14.6. The van der Waals surface area contributed by atoms with Crippen LogP contribution in [0.4, 0.5) is 0 Å². The smallest absolute Gasteiger partial charge is 0.0934 e. The van der Waals surface area contributed by atoms with Crippen molar-refractivity contribution in [3.63, 3.8) is 0 Å². The molecule has 0 unspecified atom stereocenters. The Hall–Kier alpha value is -2.16. The normalized spacial score (nSPS) is 8.10. The van der Waals surface area contributed by atoms with Crippen LogP contribution in [-0.4, -0.2) is 19.5 Å². The molecule has 0 atom stereocenters. The van der Waals surface area contributed by atoms with Crippen molar-refractivity contribution < 1.29 is 18.9 Å². The van der Waals surface area contributed by atoms with Gasteiger partial charge in [0.1, 0.15) is 0 Å². The van der Waals surface area contributed by atoms with Crippen molar-refractivity contribution in [1.82, 2.24) is 0 Å². The molecule has 0 amide bonds. The van der Waals surface area contributed by atoms with E-state index in [9.17, 15) is 0 Å². The van der Waals surface area contributed by atoms with E-state index in [1.807, 2.05) is 13.8 Å². The number of hydrogen-bond acceptors (Lipinski definition) is 4. The van der Waals surface area contributed by atoms with Crippen LogP contribution in [0.3, 0.4) is 0 Å². The van der Waals surface area contributed by atoms with Crippen LogP contribution in [0.2, 0.25) is 0 Å². The van der Waals surface area contributed by atoms with E-state index in [4.69, 9.17) is 0 Å². The predicted octanol–water partition coefficient (Wildman–Crippen LogP) is 4.24. The first-order valence-electron chi connectivity index (χ1n) is 5.73. The monoisotopic (exact) mass is 798 g/mol. The van der Waals surface area contributed by atoms with Crippen molar-refractivity contribution in [2.45, 2.75) is 53.9 Å². The van der Waals surface area contributed by atoms with Gasteiger partial charge in [-0.25, -0.2) is 28.4 Å². The van der Waals surface area contributed by atoms with Crippen LogP contribution in [0.5, 0.6) is 0 Å². The summed E-state index contributed by atoms with van der Waals surface area (Å²) in [5.41, 5.74) is 0. The molecule has 0 aromatic rings. The van der Waals surface area contributed by atoms with E-state index >= 15 is 0 Å². The van der Waals surface area contributed by atoms with Gasteiger partial charge >= 0.3 is 0 Å². The fraction of sp³-hybridized carbons (Fsp3) is 0.714. The van der Waals surface area contributed by atoms with E-state index in [0.29, 0.717) is 0 Å². The molecule has 4 nitrogen and oxygen atoms in total. The maximum absolute atomic E-state index is 4.50. The second-order valence-corrected chi connectivity index (χ2v) is 4.14.